The second kappa shape index (κ2) is 7.46. The number of rotatable bonds is 4. The molecule has 0 aliphatic carbocycles. The molecule has 1 aliphatic rings. The largest absolute Gasteiger partial charge is 0.481 e. The fraction of sp³-hybridized carbons (Fsp3) is 0.286. The Bertz CT molecular complexity index is 1020. The molecule has 0 unspecified atom stereocenters. The van der Waals surface area contributed by atoms with Crippen molar-refractivity contribution in [1.29, 1.82) is 0 Å². The maximum absolute atomic E-state index is 12.9. The molecule has 29 heavy (non-hydrogen) atoms. The van der Waals surface area contributed by atoms with Gasteiger partial charge in [-0.25, -0.2) is 0 Å². The lowest BCUT2D eigenvalue weighted by Gasteiger charge is -2.39. The van der Waals surface area contributed by atoms with Crippen molar-refractivity contribution in [1.82, 2.24) is 20.0 Å². The standard InChI is InChI=1S/C21H20N4O4/c1-14-23-18(29-24-14)17-8-7-15(13-22-17)19(26)25-11-9-21(10-12-25,20(27)28)16-5-3-2-4-6-16/h2-8,13H,9-12H2,1H3,(H,27,28). The van der Waals surface area contributed by atoms with Crippen molar-refractivity contribution >= 4 is 11.9 Å². The second-order valence-corrected chi connectivity index (χ2v) is 7.12. The van der Waals surface area contributed by atoms with Crippen molar-refractivity contribution in [2.75, 3.05) is 13.1 Å². The molecule has 1 amide bonds. The fourth-order valence-electron chi connectivity index (χ4n) is 3.71. The number of nitrogens with zero attached hydrogens (tertiary/aromatic N) is 4. The molecule has 148 valence electrons. The van der Waals surface area contributed by atoms with Crippen LogP contribution in [0, 0.1) is 6.92 Å². The molecule has 0 spiro atoms. The fourth-order valence-corrected chi connectivity index (χ4v) is 3.71. The van der Waals surface area contributed by atoms with Crippen LogP contribution in [0.15, 0.2) is 53.2 Å². The number of aromatic nitrogens is 3. The van der Waals surface area contributed by atoms with E-state index in [0.717, 1.165) is 5.56 Å². The van der Waals surface area contributed by atoms with E-state index in [9.17, 15) is 14.7 Å². The first-order valence-corrected chi connectivity index (χ1v) is 9.34. The van der Waals surface area contributed by atoms with Crippen molar-refractivity contribution in [3.63, 3.8) is 0 Å². The summed E-state index contributed by atoms with van der Waals surface area (Å²) in [5.74, 6) is -0.210. The first-order valence-electron chi connectivity index (χ1n) is 9.34. The van der Waals surface area contributed by atoms with Crippen LogP contribution >= 0.6 is 0 Å². The zero-order valence-electron chi connectivity index (χ0n) is 15.9. The molecule has 3 heterocycles. The molecule has 8 heteroatoms. The quantitative estimate of drug-likeness (QED) is 0.727. The molecule has 3 aromatic rings. The van der Waals surface area contributed by atoms with Crippen molar-refractivity contribution < 1.29 is 19.2 Å². The number of pyridine rings is 1. The molecule has 0 radical (unpaired) electrons. The Morgan fingerprint density at radius 3 is 2.38 bits per heavy atom. The number of hydrogen-bond donors (Lipinski definition) is 1. The van der Waals surface area contributed by atoms with Crippen molar-refractivity contribution in [2.45, 2.75) is 25.2 Å². The molecule has 0 saturated carbocycles. The van der Waals surface area contributed by atoms with Gasteiger partial charge < -0.3 is 14.5 Å². The lowest BCUT2D eigenvalue weighted by Crippen LogP contribution is -2.49. The minimum Gasteiger partial charge on any atom is -0.481 e. The molecule has 1 N–H and O–H groups in total. The van der Waals surface area contributed by atoms with E-state index in [4.69, 9.17) is 4.52 Å². The number of benzene rings is 1. The van der Waals surface area contributed by atoms with Crippen LogP contribution in [0.3, 0.4) is 0 Å². The Labute approximate surface area is 167 Å². The van der Waals surface area contributed by atoms with Crippen molar-refractivity contribution in [2.24, 2.45) is 0 Å². The van der Waals surface area contributed by atoms with Gasteiger partial charge in [0.05, 0.1) is 11.0 Å². The van der Waals surface area contributed by atoms with Gasteiger partial charge in [-0.15, -0.1) is 0 Å². The van der Waals surface area contributed by atoms with E-state index in [-0.39, 0.29) is 5.91 Å². The highest BCUT2D eigenvalue weighted by Gasteiger charge is 2.43. The summed E-state index contributed by atoms with van der Waals surface area (Å²) in [6, 6.07) is 12.6. The predicted octanol–water partition coefficient (Wildman–Crippen LogP) is 2.70. The first-order chi connectivity index (χ1) is 14.0. The topological polar surface area (TPSA) is 109 Å². The second-order valence-electron chi connectivity index (χ2n) is 7.12. The van der Waals surface area contributed by atoms with E-state index in [0.29, 0.717) is 48.9 Å². The van der Waals surface area contributed by atoms with E-state index in [2.05, 4.69) is 15.1 Å². The molecule has 1 aromatic carbocycles. The molecule has 1 saturated heterocycles. The molecule has 0 bridgehead atoms. The summed E-state index contributed by atoms with van der Waals surface area (Å²) < 4.78 is 5.08. The molecule has 1 fully saturated rings. The van der Waals surface area contributed by atoms with Crippen molar-refractivity contribution in [3.8, 4) is 11.6 Å². The number of hydrogen-bond acceptors (Lipinski definition) is 6. The summed E-state index contributed by atoms with van der Waals surface area (Å²) in [4.78, 5) is 35.0. The van der Waals surface area contributed by atoms with Gasteiger partial charge in [0.15, 0.2) is 5.82 Å². The highest BCUT2D eigenvalue weighted by Crippen LogP contribution is 2.36. The number of likely N-dealkylation sites (tertiary alicyclic amines) is 1. The van der Waals surface area contributed by atoms with Crippen LogP contribution in [-0.4, -0.2) is 50.1 Å². The number of carbonyl (C=O) groups excluding carboxylic acids is 1. The minimum absolute atomic E-state index is 0.169. The SMILES string of the molecule is Cc1noc(-c2ccc(C(=O)N3CCC(C(=O)O)(c4ccccc4)CC3)cn2)n1. The third-order valence-electron chi connectivity index (χ3n) is 5.40. The predicted molar refractivity (Wildman–Crippen MR) is 103 cm³/mol. The highest BCUT2D eigenvalue weighted by molar-refractivity contribution is 5.94. The number of aliphatic carboxylic acids is 1. The molecule has 1 aliphatic heterocycles. The lowest BCUT2D eigenvalue weighted by molar-refractivity contribution is -0.145. The summed E-state index contributed by atoms with van der Waals surface area (Å²) in [7, 11) is 0. The Hall–Kier alpha value is -3.55. The minimum atomic E-state index is -0.962. The van der Waals surface area contributed by atoms with Crippen LogP contribution in [0.5, 0.6) is 0 Å². The Morgan fingerprint density at radius 2 is 1.83 bits per heavy atom. The van der Waals surface area contributed by atoms with Gasteiger partial charge in [-0.1, -0.05) is 35.5 Å². The summed E-state index contributed by atoms with van der Waals surface area (Å²) in [5, 5.41) is 13.6. The Kier molecular flexibility index (Phi) is 4.84. The van der Waals surface area contributed by atoms with Crippen LogP contribution in [0.1, 0.15) is 34.6 Å². The zero-order valence-corrected chi connectivity index (χ0v) is 15.9. The summed E-state index contributed by atoms with van der Waals surface area (Å²) in [5.41, 5.74) is 0.749. The molecular formula is C21H20N4O4. The van der Waals surface area contributed by atoms with E-state index in [1.807, 2.05) is 30.3 Å². The van der Waals surface area contributed by atoms with Crippen LogP contribution in [-0.2, 0) is 10.2 Å². The number of amides is 1. The number of piperidine rings is 1. The highest BCUT2D eigenvalue weighted by atomic mass is 16.5. The van der Waals surface area contributed by atoms with Gasteiger partial charge in [0.25, 0.3) is 11.8 Å². The van der Waals surface area contributed by atoms with Crippen LogP contribution in [0.25, 0.3) is 11.6 Å². The van der Waals surface area contributed by atoms with E-state index < -0.39 is 11.4 Å². The van der Waals surface area contributed by atoms with Gasteiger partial charge in [0, 0.05) is 19.3 Å². The summed E-state index contributed by atoms with van der Waals surface area (Å²) in [6.07, 6.45) is 2.21. The summed E-state index contributed by atoms with van der Waals surface area (Å²) >= 11 is 0. The Morgan fingerprint density at radius 1 is 1.10 bits per heavy atom. The van der Waals surface area contributed by atoms with Gasteiger partial charge in [0.2, 0.25) is 0 Å². The van der Waals surface area contributed by atoms with Gasteiger partial charge in [-0.3, -0.25) is 14.6 Å². The first kappa shape index (κ1) is 18.8. The summed E-state index contributed by atoms with van der Waals surface area (Å²) in [6.45, 7) is 2.45. The molecule has 2 aromatic heterocycles. The zero-order chi connectivity index (χ0) is 20.4. The number of carbonyl (C=O) groups is 2. The Balaban J connectivity index is 1.48. The smallest absolute Gasteiger partial charge is 0.314 e. The third kappa shape index (κ3) is 3.49. The lowest BCUT2D eigenvalue weighted by atomic mass is 9.73. The molecular weight excluding hydrogens is 372 g/mol. The van der Waals surface area contributed by atoms with E-state index >= 15 is 0 Å². The van der Waals surface area contributed by atoms with Gasteiger partial charge in [0.1, 0.15) is 5.69 Å². The third-order valence-corrected chi connectivity index (χ3v) is 5.40. The van der Waals surface area contributed by atoms with Gasteiger partial charge in [-0.2, -0.15) is 4.98 Å². The number of carboxylic acids is 1. The van der Waals surface area contributed by atoms with E-state index in [1.54, 1.807) is 24.0 Å². The molecule has 0 atom stereocenters. The van der Waals surface area contributed by atoms with Crippen LogP contribution < -0.4 is 0 Å². The monoisotopic (exact) mass is 392 g/mol. The molecule has 8 nitrogen and oxygen atoms in total. The average Bonchev–Trinajstić information content (AvgIpc) is 3.20. The maximum Gasteiger partial charge on any atom is 0.314 e. The number of carboxylic acid groups (broad SMARTS) is 1. The van der Waals surface area contributed by atoms with Gasteiger partial charge >= 0.3 is 5.97 Å². The van der Waals surface area contributed by atoms with Crippen LogP contribution in [0.4, 0.5) is 0 Å². The van der Waals surface area contributed by atoms with E-state index in [1.165, 1.54) is 6.20 Å². The van der Waals surface area contributed by atoms with Crippen LogP contribution in [0.2, 0.25) is 0 Å². The average molecular weight is 392 g/mol. The number of aryl methyl sites for hydroxylation is 1. The van der Waals surface area contributed by atoms with Crippen molar-refractivity contribution in [3.05, 3.63) is 65.6 Å². The molecule has 4 rings (SSSR count). The normalized spacial score (nSPS) is 15.8. The maximum atomic E-state index is 12.9. The van der Waals surface area contributed by atoms with Gasteiger partial charge in [-0.05, 0) is 37.5 Å².